The Hall–Kier alpha value is -2.56. The van der Waals surface area contributed by atoms with Gasteiger partial charge in [0.15, 0.2) is 5.78 Å². The van der Waals surface area contributed by atoms with Crippen LogP contribution in [0.25, 0.3) is 10.8 Å². The van der Waals surface area contributed by atoms with Crippen molar-refractivity contribution in [3.8, 4) is 11.5 Å². The van der Waals surface area contributed by atoms with Gasteiger partial charge in [-0.1, -0.05) is 6.92 Å². The van der Waals surface area contributed by atoms with Crippen LogP contribution >= 0.6 is 0 Å². The lowest BCUT2D eigenvalue weighted by Gasteiger charge is -2.25. The van der Waals surface area contributed by atoms with Crippen molar-refractivity contribution in [1.29, 1.82) is 0 Å². The van der Waals surface area contributed by atoms with Gasteiger partial charge in [-0.25, -0.2) is 4.79 Å². The Kier molecular flexibility index (Phi) is 3.32. The van der Waals surface area contributed by atoms with E-state index in [-0.39, 0.29) is 34.3 Å². The van der Waals surface area contributed by atoms with Crippen molar-refractivity contribution in [2.45, 2.75) is 33.6 Å². The van der Waals surface area contributed by atoms with Gasteiger partial charge in [-0.2, -0.15) is 0 Å². The number of hydrogen-bond donors (Lipinski definition) is 3. The summed E-state index contributed by atoms with van der Waals surface area (Å²) in [5.41, 5.74) is 1.92. The number of aryl methyl sites for hydroxylation is 2. The molecule has 0 aromatic heterocycles. The maximum atomic E-state index is 12.5. The summed E-state index contributed by atoms with van der Waals surface area (Å²) < 4.78 is 0. The van der Waals surface area contributed by atoms with Crippen molar-refractivity contribution in [2.75, 3.05) is 0 Å². The van der Waals surface area contributed by atoms with E-state index >= 15 is 0 Å². The first-order chi connectivity index (χ1) is 10.8. The van der Waals surface area contributed by atoms with Gasteiger partial charge >= 0.3 is 5.97 Å². The van der Waals surface area contributed by atoms with Crippen LogP contribution in [-0.2, 0) is 6.42 Å². The summed E-state index contributed by atoms with van der Waals surface area (Å²) in [6.45, 7) is 5.20. The van der Waals surface area contributed by atoms with Gasteiger partial charge in [-0.05, 0) is 54.8 Å². The number of phenols is 2. The van der Waals surface area contributed by atoms with Crippen molar-refractivity contribution in [1.82, 2.24) is 0 Å². The molecule has 0 saturated carbocycles. The Morgan fingerprint density at radius 1 is 1.22 bits per heavy atom. The monoisotopic (exact) mass is 314 g/mol. The first-order valence-electron chi connectivity index (χ1n) is 7.53. The minimum atomic E-state index is -1.27. The quantitative estimate of drug-likeness (QED) is 0.750. The lowest BCUT2D eigenvalue weighted by atomic mass is 9.78. The first kappa shape index (κ1) is 15.3. The molecule has 0 heterocycles. The van der Waals surface area contributed by atoms with Crippen molar-refractivity contribution in [3.05, 3.63) is 33.9 Å². The number of carbonyl (C=O) groups is 2. The van der Waals surface area contributed by atoms with E-state index in [1.54, 1.807) is 0 Å². The maximum absolute atomic E-state index is 12.5. The van der Waals surface area contributed by atoms with Crippen LogP contribution in [0.4, 0.5) is 0 Å². The largest absolute Gasteiger partial charge is 0.507 e. The summed E-state index contributed by atoms with van der Waals surface area (Å²) in [6, 6.07) is 1.36. The highest BCUT2D eigenvalue weighted by atomic mass is 16.4. The fourth-order valence-electron chi connectivity index (χ4n) is 3.61. The van der Waals surface area contributed by atoms with Gasteiger partial charge in [-0.3, -0.25) is 4.79 Å². The molecular weight excluding hydrogens is 296 g/mol. The molecule has 0 aliphatic heterocycles. The molecule has 0 amide bonds. The molecule has 1 unspecified atom stereocenters. The van der Waals surface area contributed by atoms with Gasteiger partial charge in [0.2, 0.25) is 0 Å². The summed E-state index contributed by atoms with van der Waals surface area (Å²) in [4.78, 5) is 23.9. The normalized spacial score (nSPS) is 17.3. The number of benzene rings is 2. The van der Waals surface area contributed by atoms with Gasteiger partial charge < -0.3 is 15.3 Å². The molecule has 0 spiro atoms. The van der Waals surface area contributed by atoms with Crippen LogP contribution in [0.5, 0.6) is 11.5 Å². The fourth-order valence-corrected chi connectivity index (χ4v) is 3.61. The van der Waals surface area contributed by atoms with E-state index in [9.17, 15) is 24.9 Å². The molecule has 5 nitrogen and oxygen atoms in total. The molecule has 2 aromatic rings. The van der Waals surface area contributed by atoms with E-state index in [1.165, 1.54) is 13.0 Å². The molecule has 3 N–H and O–H groups in total. The molecule has 1 aliphatic rings. The lowest BCUT2D eigenvalue weighted by molar-refractivity contribution is 0.0693. The summed E-state index contributed by atoms with van der Waals surface area (Å²) in [7, 11) is 0. The van der Waals surface area contributed by atoms with E-state index in [0.717, 1.165) is 17.5 Å². The van der Waals surface area contributed by atoms with Crippen LogP contribution in [0, 0.1) is 19.8 Å². The number of carboxylic acid groups (broad SMARTS) is 1. The molecule has 23 heavy (non-hydrogen) atoms. The number of rotatable bonds is 1. The van der Waals surface area contributed by atoms with E-state index in [4.69, 9.17) is 0 Å². The molecule has 0 saturated heterocycles. The zero-order valence-corrected chi connectivity index (χ0v) is 13.2. The Morgan fingerprint density at radius 3 is 2.48 bits per heavy atom. The molecule has 0 radical (unpaired) electrons. The number of carbonyl (C=O) groups excluding carboxylic acids is 1. The summed E-state index contributed by atoms with van der Waals surface area (Å²) in [6.07, 6.45) is 1.40. The highest BCUT2D eigenvalue weighted by Gasteiger charge is 2.31. The van der Waals surface area contributed by atoms with Crippen LogP contribution in [0.1, 0.15) is 50.8 Å². The third-order valence-corrected chi connectivity index (χ3v) is 4.92. The van der Waals surface area contributed by atoms with Crippen LogP contribution < -0.4 is 0 Å². The van der Waals surface area contributed by atoms with Crippen molar-refractivity contribution < 1.29 is 24.9 Å². The predicted molar refractivity (Wildman–Crippen MR) is 85.5 cm³/mol. The lowest BCUT2D eigenvalue weighted by Crippen LogP contribution is -2.21. The smallest absolute Gasteiger partial charge is 0.339 e. The number of phenolic OH excluding ortho intramolecular Hbond substituents is 1. The van der Waals surface area contributed by atoms with Gasteiger partial charge in [0.05, 0.1) is 5.56 Å². The molecule has 0 fully saturated rings. The zero-order chi connectivity index (χ0) is 17.0. The average molecular weight is 314 g/mol. The molecule has 3 rings (SSSR count). The SMILES string of the molecule is Cc1c2c(c(O)c3c(C)c(C(=O)O)c(O)cc13)C(=O)C(C)CC2. The van der Waals surface area contributed by atoms with Crippen LogP contribution in [0.2, 0.25) is 0 Å². The average Bonchev–Trinajstić information content (AvgIpc) is 2.46. The molecular formula is C18H18O5. The van der Waals surface area contributed by atoms with Crippen LogP contribution in [0.15, 0.2) is 6.07 Å². The van der Waals surface area contributed by atoms with Gasteiger partial charge in [0.25, 0.3) is 0 Å². The third kappa shape index (κ3) is 2.00. The Labute approximate surface area is 133 Å². The van der Waals surface area contributed by atoms with E-state index < -0.39 is 5.97 Å². The fraction of sp³-hybridized carbons (Fsp3) is 0.333. The summed E-state index contributed by atoms with van der Waals surface area (Å²) in [5.74, 6) is -2.05. The molecule has 120 valence electrons. The summed E-state index contributed by atoms with van der Waals surface area (Å²) >= 11 is 0. The van der Waals surface area contributed by atoms with E-state index in [0.29, 0.717) is 22.8 Å². The molecule has 1 atom stereocenters. The number of carboxylic acids is 1. The number of Topliss-reactive ketones (excluding diaryl/α,β-unsaturated/α-hetero) is 1. The predicted octanol–water partition coefficient (Wildman–Crippen LogP) is 3.33. The molecule has 0 bridgehead atoms. The highest BCUT2D eigenvalue weighted by molar-refractivity contribution is 6.12. The highest BCUT2D eigenvalue weighted by Crippen LogP contribution is 2.44. The first-order valence-corrected chi connectivity index (χ1v) is 7.53. The number of ketones is 1. The van der Waals surface area contributed by atoms with E-state index in [2.05, 4.69) is 0 Å². The maximum Gasteiger partial charge on any atom is 0.339 e. The Morgan fingerprint density at radius 2 is 1.87 bits per heavy atom. The van der Waals surface area contributed by atoms with E-state index in [1.807, 2.05) is 13.8 Å². The number of hydrogen-bond acceptors (Lipinski definition) is 4. The minimum Gasteiger partial charge on any atom is -0.507 e. The zero-order valence-electron chi connectivity index (χ0n) is 13.2. The third-order valence-electron chi connectivity index (χ3n) is 4.92. The topological polar surface area (TPSA) is 94.8 Å². The summed E-state index contributed by atoms with van der Waals surface area (Å²) in [5, 5.41) is 30.9. The molecule has 1 aliphatic carbocycles. The standard InChI is InChI=1S/C18H18O5/c1-7-4-5-10-8(2)11-6-12(19)14(18(22)23)9(3)13(11)17(21)15(10)16(7)20/h6-7,19,21H,4-5H2,1-3H3,(H,22,23). The van der Waals surface area contributed by atoms with Crippen LogP contribution in [-0.4, -0.2) is 27.1 Å². The Bertz CT molecular complexity index is 879. The molecule has 5 heteroatoms. The van der Waals surface area contributed by atoms with Gasteiger partial charge in [0, 0.05) is 11.3 Å². The minimum absolute atomic E-state index is 0.113. The van der Waals surface area contributed by atoms with Crippen molar-refractivity contribution in [2.24, 2.45) is 5.92 Å². The second kappa shape index (κ2) is 4.98. The second-order valence-electron chi connectivity index (χ2n) is 6.25. The van der Waals surface area contributed by atoms with Crippen molar-refractivity contribution >= 4 is 22.5 Å². The molecule has 2 aromatic carbocycles. The number of aromatic hydroxyl groups is 2. The second-order valence-corrected chi connectivity index (χ2v) is 6.25. The van der Waals surface area contributed by atoms with Crippen LogP contribution in [0.3, 0.4) is 0 Å². The van der Waals surface area contributed by atoms with Gasteiger partial charge in [-0.15, -0.1) is 0 Å². The van der Waals surface area contributed by atoms with Gasteiger partial charge in [0.1, 0.15) is 17.1 Å². The van der Waals surface area contributed by atoms with Crippen molar-refractivity contribution in [3.63, 3.8) is 0 Å². The Balaban J connectivity index is 2.52. The number of aromatic carboxylic acids is 1. The number of fused-ring (bicyclic) bond motifs is 2.